The number of aromatic nitrogens is 2. The summed E-state index contributed by atoms with van der Waals surface area (Å²) >= 11 is 0. The predicted octanol–water partition coefficient (Wildman–Crippen LogP) is 1.58. The van der Waals surface area contributed by atoms with Crippen molar-refractivity contribution in [3.63, 3.8) is 0 Å². The van der Waals surface area contributed by atoms with Gasteiger partial charge in [-0.3, -0.25) is 14.4 Å². The van der Waals surface area contributed by atoms with Crippen LogP contribution in [0.15, 0.2) is 23.0 Å². The first-order chi connectivity index (χ1) is 15.3. The molecule has 2 aliphatic rings. The second-order valence-corrected chi connectivity index (χ2v) is 8.59. The van der Waals surface area contributed by atoms with Crippen LogP contribution < -0.4 is 5.56 Å². The van der Waals surface area contributed by atoms with E-state index in [1.807, 2.05) is 13.8 Å². The molecule has 4 rings (SSSR count). The van der Waals surface area contributed by atoms with Crippen molar-refractivity contribution in [1.29, 1.82) is 0 Å². The third-order valence-corrected chi connectivity index (χ3v) is 6.42. The number of amides is 2. The number of ether oxygens (including phenoxy) is 1. The van der Waals surface area contributed by atoms with Gasteiger partial charge >= 0.3 is 0 Å². The number of carbonyl (C=O) groups excluding carboxylic acids is 2. The molecule has 2 atom stereocenters. The van der Waals surface area contributed by atoms with E-state index in [2.05, 4.69) is 10.2 Å². The van der Waals surface area contributed by atoms with Crippen molar-refractivity contribution in [2.75, 3.05) is 26.3 Å². The molecule has 2 saturated heterocycles. The van der Waals surface area contributed by atoms with Gasteiger partial charge in [-0.15, -0.1) is 0 Å². The lowest BCUT2D eigenvalue weighted by Gasteiger charge is -2.42. The molecule has 1 aromatic heterocycles. The molecular formula is C23H27FN4O4. The minimum atomic E-state index is -0.632. The van der Waals surface area contributed by atoms with Gasteiger partial charge in [-0.1, -0.05) is 6.07 Å². The van der Waals surface area contributed by atoms with Crippen LogP contribution in [-0.2, 0) is 16.0 Å². The van der Waals surface area contributed by atoms with Crippen LogP contribution in [0.1, 0.15) is 46.1 Å². The zero-order valence-corrected chi connectivity index (χ0v) is 18.5. The summed E-state index contributed by atoms with van der Waals surface area (Å²) in [4.78, 5) is 40.8. The molecule has 0 unspecified atom stereocenters. The van der Waals surface area contributed by atoms with E-state index in [1.165, 1.54) is 17.0 Å². The molecule has 8 nitrogen and oxygen atoms in total. The molecule has 9 heteroatoms. The first kappa shape index (κ1) is 22.1. The number of aromatic amines is 1. The quantitative estimate of drug-likeness (QED) is 0.776. The zero-order valence-electron chi connectivity index (χ0n) is 18.5. The fourth-order valence-electron chi connectivity index (χ4n) is 4.48. The summed E-state index contributed by atoms with van der Waals surface area (Å²) in [7, 11) is 0. The number of nitrogens with one attached hydrogen (secondary N) is 1. The van der Waals surface area contributed by atoms with Gasteiger partial charge in [0.05, 0.1) is 23.9 Å². The minimum absolute atomic E-state index is 0.0336. The molecule has 2 aromatic rings. The molecule has 0 saturated carbocycles. The molecule has 2 aliphatic heterocycles. The summed E-state index contributed by atoms with van der Waals surface area (Å²) in [5.41, 5.74) is 2.37. The van der Waals surface area contributed by atoms with Crippen LogP contribution in [0.5, 0.6) is 0 Å². The van der Waals surface area contributed by atoms with E-state index in [0.717, 1.165) is 12.0 Å². The fraction of sp³-hybridized carbons (Fsp3) is 0.478. The number of piperazine rings is 1. The number of rotatable bonds is 4. The maximum Gasteiger partial charge on any atom is 0.267 e. The van der Waals surface area contributed by atoms with Gasteiger partial charge < -0.3 is 14.5 Å². The topological polar surface area (TPSA) is 95.6 Å². The molecular weight excluding hydrogens is 415 g/mol. The zero-order chi connectivity index (χ0) is 23.0. The maximum atomic E-state index is 14.6. The molecule has 0 bridgehead atoms. The fourth-order valence-corrected chi connectivity index (χ4v) is 4.48. The first-order valence-corrected chi connectivity index (χ1v) is 10.8. The number of hydrogen-bond acceptors (Lipinski definition) is 5. The van der Waals surface area contributed by atoms with Gasteiger partial charge in [0.2, 0.25) is 5.91 Å². The van der Waals surface area contributed by atoms with Crippen molar-refractivity contribution in [3.05, 3.63) is 62.3 Å². The Hall–Kier alpha value is -3.07. The van der Waals surface area contributed by atoms with Crippen LogP contribution in [0.2, 0.25) is 0 Å². The Labute approximate surface area is 185 Å². The van der Waals surface area contributed by atoms with E-state index in [0.29, 0.717) is 43.0 Å². The summed E-state index contributed by atoms with van der Waals surface area (Å²) in [6.07, 6.45) is 1.13. The molecule has 2 fully saturated rings. The highest BCUT2D eigenvalue weighted by atomic mass is 19.1. The van der Waals surface area contributed by atoms with Crippen molar-refractivity contribution in [2.45, 2.75) is 45.7 Å². The van der Waals surface area contributed by atoms with Crippen molar-refractivity contribution >= 4 is 11.8 Å². The van der Waals surface area contributed by atoms with Crippen LogP contribution in [0.4, 0.5) is 4.39 Å². The summed E-state index contributed by atoms with van der Waals surface area (Å²) in [6, 6.07) is 4.22. The Balaban J connectivity index is 1.54. The number of nitrogens with zero attached hydrogens (tertiary/aromatic N) is 3. The molecule has 0 aliphatic carbocycles. The SMILES string of the molecule is Cc1c(Cc2ccc(F)c(C(=O)N3CC(=O)N([C@@H]4CCOC4)[C@@H](C)C3)c2)n[nH]c(=O)c1C. The predicted molar refractivity (Wildman–Crippen MR) is 115 cm³/mol. The summed E-state index contributed by atoms with van der Waals surface area (Å²) in [5.74, 6) is -1.28. The number of H-pyrrole nitrogens is 1. The standard InChI is InChI=1S/C23H27FN4O4/c1-13-10-27(11-21(29)28(13)17-6-7-32-12-17)23(31)18-8-16(4-5-19(18)24)9-20-14(2)15(3)22(30)26-25-20/h4-5,8,13,17H,6-7,9-12H2,1-3H3,(H,26,30)/t13-,17+/m0/s1. The van der Waals surface area contributed by atoms with Gasteiger partial charge in [0.15, 0.2) is 0 Å². The highest BCUT2D eigenvalue weighted by molar-refractivity contribution is 5.97. The lowest BCUT2D eigenvalue weighted by Crippen LogP contribution is -2.60. The Bertz CT molecular complexity index is 1110. The number of carbonyl (C=O) groups is 2. The van der Waals surface area contributed by atoms with Gasteiger partial charge in [-0.2, -0.15) is 5.10 Å². The molecule has 2 amide bonds. The van der Waals surface area contributed by atoms with E-state index in [1.54, 1.807) is 17.9 Å². The molecule has 0 radical (unpaired) electrons. The van der Waals surface area contributed by atoms with Crippen molar-refractivity contribution in [1.82, 2.24) is 20.0 Å². The third kappa shape index (κ3) is 4.17. The molecule has 3 heterocycles. The van der Waals surface area contributed by atoms with E-state index < -0.39 is 11.7 Å². The summed E-state index contributed by atoms with van der Waals surface area (Å²) in [5, 5.41) is 6.56. The Kier molecular flexibility index (Phi) is 6.10. The van der Waals surface area contributed by atoms with Crippen LogP contribution in [0.25, 0.3) is 0 Å². The Morgan fingerprint density at radius 2 is 2.06 bits per heavy atom. The monoisotopic (exact) mass is 442 g/mol. The van der Waals surface area contributed by atoms with Crippen LogP contribution in [0.3, 0.4) is 0 Å². The van der Waals surface area contributed by atoms with Crippen molar-refractivity contribution in [3.8, 4) is 0 Å². The van der Waals surface area contributed by atoms with Gasteiger partial charge in [-0.25, -0.2) is 9.49 Å². The third-order valence-electron chi connectivity index (χ3n) is 6.42. The lowest BCUT2D eigenvalue weighted by molar-refractivity contribution is -0.141. The van der Waals surface area contributed by atoms with Gasteiger partial charge in [0.25, 0.3) is 11.5 Å². The Morgan fingerprint density at radius 3 is 2.75 bits per heavy atom. The van der Waals surface area contributed by atoms with Gasteiger partial charge in [0.1, 0.15) is 12.4 Å². The lowest BCUT2D eigenvalue weighted by atomic mass is 10.0. The van der Waals surface area contributed by atoms with E-state index >= 15 is 0 Å². The smallest absolute Gasteiger partial charge is 0.267 e. The first-order valence-electron chi connectivity index (χ1n) is 10.8. The van der Waals surface area contributed by atoms with Gasteiger partial charge in [0, 0.05) is 31.2 Å². The van der Waals surface area contributed by atoms with E-state index in [9.17, 15) is 18.8 Å². The second-order valence-electron chi connectivity index (χ2n) is 8.59. The van der Waals surface area contributed by atoms with E-state index in [-0.39, 0.29) is 35.7 Å². The van der Waals surface area contributed by atoms with Gasteiger partial charge in [-0.05, 0) is 50.5 Å². The summed E-state index contributed by atoms with van der Waals surface area (Å²) in [6.45, 7) is 6.82. The van der Waals surface area contributed by atoms with Crippen molar-refractivity contribution in [2.24, 2.45) is 0 Å². The average Bonchev–Trinajstić information content (AvgIpc) is 3.28. The minimum Gasteiger partial charge on any atom is -0.379 e. The number of halogens is 1. The highest BCUT2D eigenvalue weighted by Gasteiger charge is 2.38. The molecule has 1 N–H and O–H groups in total. The largest absolute Gasteiger partial charge is 0.379 e. The second kappa shape index (κ2) is 8.82. The molecule has 170 valence electrons. The highest BCUT2D eigenvalue weighted by Crippen LogP contribution is 2.23. The van der Waals surface area contributed by atoms with Crippen LogP contribution in [0, 0.1) is 19.7 Å². The molecule has 32 heavy (non-hydrogen) atoms. The van der Waals surface area contributed by atoms with Crippen molar-refractivity contribution < 1.29 is 18.7 Å². The van der Waals surface area contributed by atoms with E-state index in [4.69, 9.17) is 4.74 Å². The molecule has 0 spiro atoms. The number of hydrogen-bond donors (Lipinski definition) is 1. The summed E-state index contributed by atoms with van der Waals surface area (Å²) < 4.78 is 20.0. The maximum absolute atomic E-state index is 14.6. The van der Waals surface area contributed by atoms with Crippen LogP contribution >= 0.6 is 0 Å². The average molecular weight is 442 g/mol. The Morgan fingerprint density at radius 1 is 1.28 bits per heavy atom. The number of benzene rings is 1. The normalized spacial score (nSPS) is 21.3. The van der Waals surface area contributed by atoms with Crippen LogP contribution in [-0.4, -0.2) is 70.2 Å². The molecule has 1 aromatic carbocycles.